The summed E-state index contributed by atoms with van der Waals surface area (Å²) in [6, 6.07) is 28.0. The van der Waals surface area contributed by atoms with Crippen LogP contribution in [0, 0.1) is 0 Å². The summed E-state index contributed by atoms with van der Waals surface area (Å²) in [6.45, 7) is 0.141. The van der Waals surface area contributed by atoms with E-state index in [0.717, 1.165) is 44.2 Å². The first kappa shape index (κ1) is 20.5. The Hall–Kier alpha value is -4.12. The molecule has 1 amide bonds. The van der Waals surface area contributed by atoms with E-state index in [-0.39, 0.29) is 25.4 Å². The van der Waals surface area contributed by atoms with Crippen LogP contribution in [0.15, 0.2) is 84.9 Å². The fraction of sp³-hybridized carbons (Fsp3) is 0.172. The van der Waals surface area contributed by atoms with Gasteiger partial charge in [-0.1, -0.05) is 84.9 Å². The van der Waals surface area contributed by atoms with Gasteiger partial charge >= 0.3 is 12.1 Å². The summed E-state index contributed by atoms with van der Waals surface area (Å²) < 4.78 is 5.67. The Labute approximate surface area is 197 Å². The molecule has 5 heteroatoms. The van der Waals surface area contributed by atoms with Crippen molar-refractivity contribution in [3.05, 3.63) is 107 Å². The van der Waals surface area contributed by atoms with Crippen LogP contribution in [0.2, 0.25) is 0 Å². The topological polar surface area (TPSA) is 75.6 Å². The average molecular weight is 450 g/mol. The van der Waals surface area contributed by atoms with E-state index in [1.54, 1.807) is 0 Å². The van der Waals surface area contributed by atoms with Gasteiger partial charge in [0, 0.05) is 18.8 Å². The lowest BCUT2D eigenvalue weighted by Gasteiger charge is -2.35. The first-order valence-electron chi connectivity index (χ1n) is 11.4. The largest absolute Gasteiger partial charge is 0.479 e. The third kappa shape index (κ3) is 3.16. The fourth-order valence-corrected chi connectivity index (χ4v) is 5.63. The van der Waals surface area contributed by atoms with Crippen LogP contribution in [-0.2, 0) is 22.4 Å². The van der Waals surface area contributed by atoms with Gasteiger partial charge in [0.05, 0.1) is 0 Å². The Morgan fingerprint density at radius 2 is 1.38 bits per heavy atom. The first-order chi connectivity index (χ1) is 16.6. The van der Waals surface area contributed by atoms with Crippen molar-refractivity contribution in [2.24, 2.45) is 0 Å². The molecule has 0 unspecified atom stereocenters. The number of hydrogen-bond acceptors (Lipinski definition) is 3. The molecule has 0 atom stereocenters. The first-order valence-corrected chi connectivity index (χ1v) is 11.4. The molecule has 0 aromatic heterocycles. The number of fused-ring (bicyclic) bond motifs is 3. The predicted molar refractivity (Wildman–Crippen MR) is 130 cm³/mol. The van der Waals surface area contributed by atoms with E-state index in [9.17, 15) is 14.7 Å². The van der Waals surface area contributed by atoms with Crippen molar-refractivity contribution < 1.29 is 19.4 Å². The number of aliphatic carboxylic acids is 1. The van der Waals surface area contributed by atoms with Gasteiger partial charge in [0.2, 0.25) is 0 Å². The molecule has 2 aliphatic carbocycles. The maximum absolute atomic E-state index is 13.0. The number of carboxylic acids is 1. The minimum absolute atomic E-state index is 0.0836. The van der Waals surface area contributed by atoms with Gasteiger partial charge in [-0.15, -0.1) is 0 Å². The lowest BCUT2D eigenvalue weighted by molar-refractivity contribution is -0.144. The normalized spacial score (nSPS) is 15.4. The van der Waals surface area contributed by atoms with Crippen molar-refractivity contribution in [3.8, 4) is 11.1 Å². The van der Waals surface area contributed by atoms with Crippen molar-refractivity contribution >= 4 is 22.8 Å². The summed E-state index contributed by atoms with van der Waals surface area (Å²) in [5.74, 6) is -1.15. The molecule has 0 fully saturated rings. The highest BCUT2D eigenvalue weighted by molar-refractivity contribution is 5.94. The summed E-state index contributed by atoms with van der Waals surface area (Å²) in [4.78, 5) is 25.4. The molecule has 0 spiro atoms. The van der Waals surface area contributed by atoms with E-state index in [2.05, 4.69) is 29.6 Å². The minimum atomic E-state index is -1.45. The van der Waals surface area contributed by atoms with Gasteiger partial charge in [-0.25, -0.2) is 9.59 Å². The zero-order valence-electron chi connectivity index (χ0n) is 18.5. The number of carbonyl (C=O) groups excluding carboxylic acids is 1. The van der Waals surface area contributed by atoms with Crippen LogP contribution in [0.4, 0.5) is 4.79 Å². The van der Waals surface area contributed by atoms with Crippen LogP contribution in [0.25, 0.3) is 21.9 Å². The van der Waals surface area contributed by atoms with Crippen LogP contribution in [0.1, 0.15) is 28.2 Å². The molecule has 2 aliphatic rings. The molecular formula is C29H23NO4. The predicted octanol–water partition coefficient (Wildman–Crippen LogP) is 5.30. The van der Waals surface area contributed by atoms with Crippen LogP contribution in [0.3, 0.4) is 0 Å². The molecule has 0 bridgehead atoms. The molecule has 0 aliphatic heterocycles. The lowest BCUT2D eigenvalue weighted by Crippen LogP contribution is -2.58. The summed E-state index contributed by atoms with van der Waals surface area (Å²) >= 11 is 0. The maximum atomic E-state index is 13.0. The number of ether oxygens (including phenoxy) is 1. The highest BCUT2D eigenvalue weighted by atomic mass is 16.5. The number of carboxylic acid groups (broad SMARTS) is 1. The van der Waals surface area contributed by atoms with E-state index >= 15 is 0 Å². The number of carbonyl (C=O) groups is 2. The van der Waals surface area contributed by atoms with Gasteiger partial charge < -0.3 is 15.2 Å². The Morgan fingerprint density at radius 1 is 0.824 bits per heavy atom. The SMILES string of the molecule is O=C(NC1(C(=O)O)Cc2cccc3cccc(c23)C1)OCC1c2ccccc2-c2ccccc21. The molecule has 0 saturated carbocycles. The Bertz CT molecular complexity index is 1370. The average Bonchev–Trinajstić information content (AvgIpc) is 3.17. The molecule has 4 aromatic rings. The van der Waals surface area contributed by atoms with Gasteiger partial charge in [0.1, 0.15) is 12.1 Å². The fourth-order valence-electron chi connectivity index (χ4n) is 5.63. The number of nitrogens with one attached hydrogen (secondary N) is 1. The number of amides is 1. The second-order valence-electron chi connectivity index (χ2n) is 9.12. The number of benzene rings is 4. The highest BCUT2D eigenvalue weighted by Gasteiger charge is 2.44. The molecule has 6 rings (SSSR count). The van der Waals surface area contributed by atoms with E-state index in [1.807, 2.05) is 60.7 Å². The summed E-state index contributed by atoms with van der Waals surface area (Å²) in [5, 5.41) is 15.1. The number of alkyl carbamates (subject to hydrolysis) is 1. The molecule has 0 saturated heterocycles. The van der Waals surface area contributed by atoms with E-state index in [4.69, 9.17) is 4.74 Å². The van der Waals surface area contributed by atoms with Crippen molar-refractivity contribution in [2.45, 2.75) is 24.3 Å². The lowest BCUT2D eigenvalue weighted by atomic mass is 9.76. The molecular weight excluding hydrogens is 426 g/mol. The van der Waals surface area contributed by atoms with Crippen LogP contribution in [0.5, 0.6) is 0 Å². The van der Waals surface area contributed by atoms with Gasteiger partial charge in [-0.05, 0) is 44.2 Å². The minimum Gasteiger partial charge on any atom is -0.479 e. The standard InChI is InChI=1S/C29H23NO4/c31-27(32)29(15-19-9-5-7-18-8-6-10-20(16-29)26(18)19)30-28(33)34-17-25-23-13-3-1-11-21(23)22-12-2-4-14-24(22)25/h1-14,25H,15-17H2,(H,30,33)(H,31,32). The summed E-state index contributed by atoms with van der Waals surface area (Å²) in [5.41, 5.74) is 4.90. The van der Waals surface area contributed by atoms with Crippen molar-refractivity contribution in [3.63, 3.8) is 0 Å². The maximum Gasteiger partial charge on any atom is 0.408 e. The third-order valence-electron chi connectivity index (χ3n) is 7.16. The monoisotopic (exact) mass is 449 g/mol. The molecule has 0 heterocycles. The molecule has 4 aromatic carbocycles. The number of rotatable bonds is 4. The smallest absolute Gasteiger partial charge is 0.408 e. The van der Waals surface area contributed by atoms with E-state index in [1.165, 1.54) is 0 Å². The van der Waals surface area contributed by atoms with Crippen molar-refractivity contribution in [1.29, 1.82) is 0 Å². The van der Waals surface area contributed by atoms with Gasteiger partial charge in [0.25, 0.3) is 0 Å². The molecule has 2 N–H and O–H groups in total. The molecule has 0 radical (unpaired) electrons. The Morgan fingerprint density at radius 3 is 1.94 bits per heavy atom. The molecule has 34 heavy (non-hydrogen) atoms. The van der Waals surface area contributed by atoms with Crippen LogP contribution >= 0.6 is 0 Å². The second-order valence-corrected chi connectivity index (χ2v) is 9.12. The van der Waals surface area contributed by atoms with Crippen molar-refractivity contribution in [2.75, 3.05) is 6.61 Å². The quantitative estimate of drug-likeness (QED) is 0.443. The molecule has 5 nitrogen and oxygen atoms in total. The second kappa shape index (κ2) is 7.73. The van der Waals surface area contributed by atoms with Gasteiger partial charge in [-0.2, -0.15) is 0 Å². The highest BCUT2D eigenvalue weighted by Crippen LogP contribution is 2.44. The Kier molecular flexibility index (Phi) is 4.66. The Balaban J connectivity index is 1.24. The third-order valence-corrected chi connectivity index (χ3v) is 7.16. The zero-order chi connectivity index (χ0) is 23.3. The van der Waals surface area contributed by atoms with Crippen LogP contribution in [-0.4, -0.2) is 29.3 Å². The number of hydrogen-bond donors (Lipinski definition) is 2. The van der Waals surface area contributed by atoms with E-state index < -0.39 is 17.6 Å². The van der Waals surface area contributed by atoms with Gasteiger partial charge in [-0.3, -0.25) is 0 Å². The summed E-state index contributed by atoms with van der Waals surface area (Å²) in [6.07, 6.45) is -0.294. The van der Waals surface area contributed by atoms with Crippen LogP contribution < -0.4 is 5.32 Å². The van der Waals surface area contributed by atoms with E-state index in [0.29, 0.717) is 0 Å². The van der Waals surface area contributed by atoms with Gasteiger partial charge in [0.15, 0.2) is 0 Å². The molecule has 168 valence electrons. The zero-order valence-corrected chi connectivity index (χ0v) is 18.5. The summed E-state index contributed by atoms with van der Waals surface area (Å²) in [7, 11) is 0. The van der Waals surface area contributed by atoms with Crippen molar-refractivity contribution in [1.82, 2.24) is 5.32 Å².